The molecule has 1 aromatic rings. The Morgan fingerprint density at radius 3 is 3.07 bits per heavy atom. The minimum Gasteiger partial charge on any atom is -0.348 e. The molecule has 15 heavy (non-hydrogen) atoms. The van der Waals surface area contributed by atoms with Crippen LogP contribution in [0, 0.1) is 11.3 Å². The Balaban J connectivity index is 2.65. The number of amides is 1. The molecule has 0 aliphatic heterocycles. The van der Waals surface area contributed by atoms with E-state index in [1.807, 2.05) is 13.0 Å². The van der Waals surface area contributed by atoms with Crippen LogP contribution in [0.2, 0.25) is 0 Å². The third kappa shape index (κ3) is 2.99. The van der Waals surface area contributed by atoms with E-state index >= 15 is 0 Å². The summed E-state index contributed by atoms with van der Waals surface area (Å²) >= 11 is 1.09. The lowest BCUT2D eigenvalue weighted by molar-refractivity contribution is 0.0944. The summed E-state index contributed by atoms with van der Waals surface area (Å²) in [6.07, 6.45) is 0.991. The lowest BCUT2D eigenvalue weighted by Gasteiger charge is -2.08. The first-order chi connectivity index (χ1) is 7.19. The van der Waals surface area contributed by atoms with Crippen molar-refractivity contribution in [1.82, 2.24) is 14.9 Å². The number of hydrogen-bond donors (Lipinski definition) is 1. The molecule has 6 heteroatoms. The van der Waals surface area contributed by atoms with Gasteiger partial charge in [-0.15, -0.1) is 5.10 Å². The SMILES string of the molecule is CCc1nnsc1C(=O)NC(C)CC#N. The van der Waals surface area contributed by atoms with Crippen LogP contribution in [-0.4, -0.2) is 21.5 Å². The van der Waals surface area contributed by atoms with E-state index in [1.165, 1.54) is 0 Å². The zero-order valence-electron chi connectivity index (χ0n) is 8.65. The number of carbonyl (C=O) groups is 1. The summed E-state index contributed by atoms with van der Waals surface area (Å²) in [7, 11) is 0. The molecule has 1 atom stereocenters. The van der Waals surface area contributed by atoms with Crippen molar-refractivity contribution in [1.29, 1.82) is 5.26 Å². The number of carbonyl (C=O) groups excluding carboxylic acids is 1. The molecule has 1 rings (SSSR count). The average Bonchev–Trinajstić information content (AvgIpc) is 2.65. The number of aryl methyl sites for hydroxylation is 1. The van der Waals surface area contributed by atoms with Gasteiger partial charge in [0.2, 0.25) is 0 Å². The summed E-state index contributed by atoms with van der Waals surface area (Å²) in [6.45, 7) is 3.72. The third-order valence-electron chi connectivity index (χ3n) is 1.87. The van der Waals surface area contributed by atoms with Crippen molar-refractivity contribution >= 4 is 17.4 Å². The van der Waals surface area contributed by atoms with Crippen molar-refractivity contribution in [2.75, 3.05) is 0 Å². The molecule has 0 fully saturated rings. The quantitative estimate of drug-likeness (QED) is 0.831. The number of aromatic nitrogens is 2. The van der Waals surface area contributed by atoms with Crippen LogP contribution in [0.15, 0.2) is 0 Å². The van der Waals surface area contributed by atoms with Crippen molar-refractivity contribution in [3.8, 4) is 6.07 Å². The highest BCUT2D eigenvalue weighted by molar-refractivity contribution is 7.08. The van der Waals surface area contributed by atoms with Gasteiger partial charge in [-0.2, -0.15) is 5.26 Å². The van der Waals surface area contributed by atoms with Gasteiger partial charge in [-0.1, -0.05) is 11.4 Å². The summed E-state index contributed by atoms with van der Waals surface area (Å²) in [5.74, 6) is -0.190. The van der Waals surface area contributed by atoms with Gasteiger partial charge in [-0.3, -0.25) is 4.79 Å². The van der Waals surface area contributed by atoms with Crippen molar-refractivity contribution in [2.45, 2.75) is 32.7 Å². The van der Waals surface area contributed by atoms with Gasteiger partial charge in [0.05, 0.1) is 18.2 Å². The van der Waals surface area contributed by atoms with Gasteiger partial charge >= 0.3 is 0 Å². The highest BCUT2D eigenvalue weighted by atomic mass is 32.1. The van der Waals surface area contributed by atoms with Gasteiger partial charge in [0.15, 0.2) is 0 Å². The monoisotopic (exact) mass is 224 g/mol. The molecule has 0 aromatic carbocycles. The molecule has 5 nitrogen and oxygen atoms in total. The summed E-state index contributed by atoms with van der Waals surface area (Å²) in [6, 6.07) is 1.86. The van der Waals surface area contributed by atoms with E-state index in [1.54, 1.807) is 6.92 Å². The second-order valence-electron chi connectivity index (χ2n) is 3.14. The molecule has 0 spiro atoms. The zero-order valence-corrected chi connectivity index (χ0v) is 9.47. The third-order valence-corrected chi connectivity index (χ3v) is 2.64. The van der Waals surface area contributed by atoms with Gasteiger partial charge in [0.25, 0.3) is 5.91 Å². The molecule has 1 heterocycles. The van der Waals surface area contributed by atoms with Gasteiger partial charge in [0, 0.05) is 6.04 Å². The maximum atomic E-state index is 11.7. The van der Waals surface area contributed by atoms with Crippen LogP contribution in [0.25, 0.3) is 0 Å². The first kappa shape index (κ1) is 11.6. The van der Waals surface area contributed by atoms with Crippen LogP contribution >= 0.6 is 11.5 Å². The topological polar surface area (TPSA) is 78.7 Å². The predicted molar refractivity (Wildman–Crippen MR) is 56.4 cm³/mol. The van der Waals surface area contributed by atoms with Crippen molar-refractivity contribution in [3.63, 3.8) is 0 Å². The largest absolute Gasteiger partial charge is 0.348 e. The van der Waals surface area contributed by atoms with Gasteiger partial charge in [0.1, 0.15) is 4.88 Å². The fraction of sp³-hybridized carbons (Fsp3) is 0.556. The molecule has 0 saturated carbocycles. The van der Waals surface area contributed by atoms with Gasteiger partial charge < -0.3 is 5.32 Å². The Bertz CT molecular complexity index is 382. The number of nitrogens with zero attached hydrogens (tertiary/aromatic N) is 3. The van der Waals surface area contributed by atoms with E-state index in [0.717, 1.165) is 11.5 Å². The van der Waals surface area contributed by atoms with E-state index in [-0.39, 0.29) is 11.9 Å². The summed E-state index contributed by atoms with van der Waals surface area (Å²) < 4.78 is 3.73. The summed E-state index contributed by atoms with van der Waals surface area (Å²) in [5, 5.41) is 15.0. The Labute approximate surface area is 92.3 Å². The molecule has 1 unspecified atom stereocenters. The van der Waals surface area contributed by atoms with Crippen LogP contribution in [0.1, 0.15) is 35.6 Å². The number of nitrogens with one attached hydrogen (secondary N) is 1. The van der Waals surface area contributed by atoms with E-state index < -0.39 is 0 Å². The second kappa shape index (κ2) is 5.41. The smallest absolute Gasteiger partial charge is 0.265 e. The molecule has 0 bridgehead atoms. The van der Waals surface area contributed by atoms with Crippen LogP contribution in [0.3, 0.4) is 0 Å². The molecule has 0 aliphatic rings. The number of rotatable bonds is 4. The molecular formula is C9H12N4OS. The molecular weight excluding hydrogens is 212 g/mol. The van der Waals surface area contributed by atoms with Crippen molar-refractivity contribution in [2.24, 2.45) is 0 Å². The molecule has 0 aliphatic carbocycles. The Morgan fingerprint density at radius 2 is 2.47 bits per heavy atom. The molecule has 1 aromatic heterocycles. The maximum absolute atomic E-state index is 11.7. The lowest BCUT2D eigenvalue weighted by Crippen LogP contribution is -2.32. The average molecular weight is 224 g/mol. The van der Waals surface area contributed by atoms with Crippen molar-refractivity contribution < 1.29 is 4.79 Å². The standard InChI is InChI=1S/C9H12N4OS/c1-3-7-8(15-13-12-7)9(14)11-6(2)4-5-10/h6H,3-4H2,1-2H3,(H,11,14). The first-order valence-corrected chi connectivity index (χ1v) is 5.45. The van der Waals surface area contributed by atoms with Crippen LogP contribution < -0.4 is 5.32 Å². The van der Waals surface area contributed by atoms with Gasteiger partial charge in [-0.25, -0.2) is 0 Å². The summed E-state index contributed by atoms with van der Waals surface area (Å²) in [4.78, 5) is 12.2. The molecule has 0 saturated heterocycles. The lowest BCUT2D eigenvalue weighted by atomic mass is 10.2. The highest BCUT2D eigenvalue weighted by Crippen LogP contribution is 2.11. The normalized spacial score (nSPS) is 11.8. The molecule has 0 radical (unpaired) electrons. The minimum absolute atomic E-state index is 0.144. The number of hydrogen-bond acceptors (Lipinski definition) is 5. The van der Waals surface area contributed by atoms with E-state index in [2.05, 4.69) is 14.9 Å². The number of nitriles is 1. The maximum Gasteiger partial charge on any atom is 0.265 e. The first-order valence-electron chi connectivity index (χ1n) is 4.68. The predicted octanol–water partition coefficient (Wildman–Crippen LogP) is 1.13. The van der Waals surface area contributed by atoms with Crippen LogP contribution in [-0.2, 0) is 6.42 Å². The Morgan fingerprint density at radius 1 is 1.73 bits per heavy atom. The molecule has 80 valence electrons. The zero-order chi connectivity index (χ0) is 11.3. The van der Waals surface area contributed by atoms with Crippen LogP contribution in [0.5, 0.6) is 0 Å². The van der Waals surface area contributed by atoms with Crippen molar-refractivity contribution in [3.05, 3.63) is 10.6 Å². The highest BCUT2D eigenvalue weighted by Gasteiger charge is 2.16. The van der Waals surface area contributed by atoms with Crippen LogP contribution in [0.4, 0.5) is 0 Å². The fourth-order valence-electron chi connectivity index (χ4n) is 1.09. The Kier molecular flexibility index (Phi) is 4.18. The minimum atomic E-state index is -0.190. The molecule has 1 N–H and O–H groups in total. The van der Waals surface area contributed by atoms with E-state index in [4.69, 9.17) is 5.26 Å². The van der Waals surface area contributed by atoms with Gasteiger partial charge in [-0.05, 0) is 24.9 Å². The summed E-state index contributed by atoms with van der Waals surface area (Å²) in [5.41, 5.74) is 0.710. The fourth-order valence-corrected chi connectivity index (χ4v) is 1.74. The molecule has 1 amide bonds. The van der Waals surface area contributed by atoms with E-state index in [9.17, 15) is 4.79 Å². The van der Waals surface area contributed by atoms with E-state index in [0.29, 0.717) is 23.4 Å². The second-order valence-corrected chi connectivity index (χ2v) is 3.89. The Hall–Kier alpha value is -1.48.